The van der Waals surface area contributed by atoms with Crippen LogP contribution in [0.4, 0.5) is 0 Å². The summed E-state index contributed by atoms with van der Waals surface area (Å²) in [5.41, 5.74) is 7.71. The highest BCUT2D eigenvalue weighted by molar-refractivity contribution is 5.75. The summed E-state index contributed by atoms with van der Waals surface area (Å²) in [6, 6.07) is 18.1. The third kappa shape index (κ3) is 4.70. The molecule has 21 heavy (non-hydrogen) atoms. The van der Waals surface area contributed by atoms with Crippen LogP contribution in [0.25, 0.3) is 0 Å². The van der Waals surface area contributed by atoms with E-state index in [4.69, 9.17) is 10.5 Å². The van der Waals surface area contributed by atoms with Gasteiger partial charge in [-0.25, -0.2) is 4.79 Å². The first-order valence-corrected chi connectivity index (χ1v) is 6.85. The van der Waals surface area contributed by atoms with Crippen LogP contribution in [-0.4, -0.2) is 23.2 Å². The molecular weight excluding hydrogens is 266 g/mol. The molecule has 4 nitrogen and oxygen atoms in total. The van der Waals surface area contributed by atoms with Crippen LogP contribution in [0.3, 0.4) is 0 Å². The van der Waals surface area contributed by atoms with E-state index in [0.29, 0.717) is 6.42 Å². The Morgan fingerprint density at radius 1 is 1.00 bits per heavy atom. The van der Waals surface area contributed by atoms with Gasteiger partial charge in [0.2, 0.25) is 0 Å². The standard InChI is InChI=1S/C17H19NO3/c18-15(11-13-7-3-1-4-8-13)16(19)17(20)21-12-14-9-5-2-6-10-14/h1-10,15-16,19H,11-12,18H2/t15-,16?/m1/s1. The molecule has 0 saturated heterocycles. The summed E-state index contributed by atoms with van der Waals surface area (Å²) in [6.07, 6.45) is -0.906. The summed E-state index contributed by atoms with van der Waals surface area (Å²) >= 11 is 0. The fourth-order valence-electron chi connectivity index (χ4n) is 1.99. The SMILES string of the molecule is N[C@H](Cc1ccccc1)C(O)C(=O)OCc1ccccc1. The van der Waals surface area contributed by atoms with Crippen LogP contribution in [0.15, 0.2) is 60.7 Å². The molecule has 0 heterocycles. The van der Waals surface area contributed by atoms with Crippen molar-refractivity contribution in [3.8, 4) is 0 Å². The minimum atomic E-state index is -1.33. The quantitative estimate of drug-likeness (QED) is 0.792. The molecule has 0 aromatic heterocycles. The number of benzene rings is 2. The second-order valence-corrected chi connectivity index (χ2v) is 4.89. The number of aliphatic hydroxyl groups excluding tert-OH is 1. The van der Waals surface area contributed by atoms with Gasteiger partial charge in [-0.1, -0.05) is 60.7 Å². The first-order chi connectivity index (χ1) is 10.2. The van der Waals surface area contributed by atoms with Gasteiger partial charge in [-0.15, -0.1) is 0 Å². The van der Waals surface area contributed by atoms with E-state index < -0.39 is 18.1 Å². The lowest BCUT2D eigenvalue weighted by molar-refractivity contribution is -0.156. The predicted molar refractivity (Wildman–Crippen MR) is 80.4 cm³/mol. The highest BCUT2D eigenvalue weighted by atomic mass is 16.5. The largest absolute Gasteiger partial charge is 0.459 e. The second-order valence-electron chi connectivity index (χ2n) is 4.89. The van der Waals surface area contributed by atoms with Crippen molar-refractivity contribution in [2.45, 2.75) is 25.2 Å². The molecule has 2 rings (SSSR count). The molecule has 0 aliphatic rings. The molecule has 2 aromatic carbocycles. The molecular formula is C17H19NO3. The summed E-state index contributed by atoms with van der Waals surface area (Å²) in [5.74, 6) is -0.692. The van der Waals surface area contributed by atoms with Gasteiger partial charge >= 0.3 is 5.97 Å². The number of esters is 1. The number of carbonyl (C=O) groups excluding carboxylic acids is 1. The smallest absolute Gasteiger partial charge is 0.336 e. The lowest BCUT2D eigenvalue weighted by Gasteiger charge is -2.17. The van der Waals surface area contributed by atoms with Crippen molar-refractivity contribution in [2.24, 2.45) is 5.73 Å². The molecule has 1 unspecified atom stereocenters. The summed E-state index contributed by atoms with van der Waals surface area (Å²) in [6.45, 7) is 0.134. The first kappa shape index (κ1) is 15.2. The summed E-state index contributed by atoms with van der Waals surface area (Å²) in [7, 11) is 0. The molecule has 0 aliphatic carbocycles. The Balaban J connectivity index is 1.84. The van der Waals surface area contributed by atoms with Gasteiger partial charge in [-0.05, 0) is 17.5 Å². The zero-order valence-electron chi connectivity index (χ0n) is 11.7. The number of aliphatic hydroxyl groups is 1. The number of rotatable bonds is 6. The Bertz CT molecular complexity index is 557. The van der Waals surface area contributed by atoms with Crippen molar-refractivity contribution in [1.82, 2.24) is 0 Å². The van der Waals surface area contributed by atoms with E-state index in [2.05, 4.69) is 0 Å². The topological polar surface area (TPSA) is 72.5 Å². The van der Waals surface area contributed by atoms with Crippen molar-refractivity contribution in [3.05, 3.63) is 71.8 Å². The van der Waals surface area contributed by atoms with E-state index in [1.54, 1.807) is 0 Å². The highest BCUT2D eigenvalue weighted by Gasteiger charge is 2.24. The number of hydrogen-bond acceptors (Lipinski definition) is 4. The molecule has 3 N–H and O–H groups in total. The van der Waals surface area contributed by atoms with Gasteiger partial charge in [0.25, 0.3) is 0 Å². The van der Waals surface area contributed by atoms with Gasteiger partial charge < -0.3 is 15.6 Å². The Labute approximate surface area is 124 Å². The molecule has 0 bridgehead atoms. The monoisotopic (exact) mass is 285 g/mol. The molecule has 110 valence electrons. The molecule has 4 heteroatoms. The summed E-state index contributed by atoms with van der Waals surface area (Å²) < 4.78 is 5.08. The van der Waals surface area contributed by atoms with Gasteiger partial charge in [-0.3, -0.25) is 0 Å². The van der Waals surface area contributed by atoms with E-state index in [1.165, 1.54) is 0 Å². The van der Waals surface area contributed by atoms with Crippen LogP contribution in [0.2, 0.25) is 0 Å². The van der Waals surface area contributed by atoms with Gasteiger partial charge in [-0.2, -0.15) is 0 Å². The van der Waals surface area contributed by atoms with Crippen LogP contribution < -0.4 is 5.73 Å². The van der Waals surface area contributed by atoms with Crippen LogP contribution >= 0.6 is 0 Å². The number of nitrogens with two attached hydrogens (primary N) is 1. The van der Waals surface area contributed by atoms with Crippen LogP contribution in [0, 0.1) is 0 Å². The Kier molecular flexibility index (Phi) is 5.49. The lowest BCUT2D eigenvalue weighted by atomic mass is 10.0. The van der Waals surface area contributed by atoms with Crippen molar-refractivity contribution in [1.29, 1.82) is 0 Å². The number of hydrogen-bond donors (Lipinski definition) is 2. The highest BCUT2D eigenvalue weighted by Crippen LogP contribution is 2.07. The fraction of sp³-hybridized carbons (Fsp3) is 0.235. The van der Waals surface area contributed by atoms with Crippen LogP contribution in [0.1, 0.15) is 11.1 Å². The van der Waals surface area contributed by atoms with Gasteiger partial charge in [0.05, 0.1) is 0 Å². The zero-order valence-corrected chi connectivity index (χ0v) is 11.7. The molecule has 0 aliphatic heterocycles. The van der Waals surface area contributed by atoms with E-state index >= 15 is 0 Å². The zero-order chi connectivity index (χ0) is 15.1. The average molecular weight is 285 g/mol. The predicted octanol–water partition coefficient (Wildman–Crippen LogP) is 1.66. The van der Waals surface area contributed by atoms with Crippen molar-refractivity contribution in [2.75, 3.05) is 0 Å². The maximum Gasteiger partial charge on any atom is 0.336 e. The minimum absolute atomic E-state index is 0.134. The summed E-state index contributed by atoms with van der Waals surface area (Å²) in [5, 5.41) is 9.93. The van der Waals surface area contributed by atoms with Gasteiger partial charge in [0.1, 0.15) is 6.61 Å². The van der Waals surface area contributed by atoms with Crippen molar-refractivity contribution in [3.63, 3.8) is 0 Å². The van der Waals surface area contributed by atoms with Gasteiger partial charge in [0, 0.05) is 6.04 Å². The van der Waals surface area contributed by atoms with Gasteiger partial charge in [0.15, 0.2) is 6.10 Å². The molecule has 0 saturated carbocycles. The molecule has 0 amide bonds. The number of ether oxygens (including phenoxy) is 1. The third-order valence-electron chi connectivity index (χ3n) is 3.19. The lowest BCUT2D eigenvalue weighted by Crippen LogP contribution is -2.42. The average Bonchev–Trinajstić information content (AvgIpc) is 2.53. The second kappa shape index (κ2) is 7.57. The fourth-order valence-corrected chi connectivity index (χ4v) is 1.99. The number of carbonyl (C=O) groups is 1. The molecule has 0 radical (unpaired) electrons. The Morgan fingerprint density at radius 2 is 1.52 bits per heavy atom. The Morgan fingerprint density at radius 3 is 2.10 bits per heavy atom. The van der Waals surface area contributed by atoms with Crippen LogP contribution in [0.5, 0.6) is 0 Å². The third-order valence-corrected chi connectivity index (χ3v) is 3.19. The Hall–Kier alpha value is -2.17. The first-order valence-electron chi connectivity index (χ1n) is 6.85. The molecule has 0 spiro atoms. The normalized spacial score (nSPS) is 13.4. The van der Waals surface area contributed by atoms with E-state index in [1.807, 2.05) is 60.7 Å². The van der Waals surface area contributed by atoms with E-state index in [9.17, 15) is 9.90 Å². The minimum Gasteiger partial charge on any atom is -0.459 e. The maximum absolute atomic E-state index is 11.8. The van der Waals surface area contributed by atoms with E-state index in [-0.39, 0.29) is 6.61 Å². The molecule has 2 atom stereocenters. The summed E-state index contributed by atoms with van der Waals surface area (Å²) in [4.78, 5) is 11.8. The van der Waals surface area contributed by atoms with Crippen molar-refractivity contribution < 1.29 is 14.6 Å². The maximum atomic E-state index is 11.8. The van der Waals surface area contributed by atoms with E-state index in [0.717, 1.165) is 11.1 Å². The molecule has 0 fully saturated rings. The molecule has 2 aromatic rings. The van der Waals surface area contributed by atoms with Crippen molar-refractivity contribution >= 4 is 5.97 Å². The van der Waals surface area contributed by atoms with Crippen LogP contribution in [-0.2, 0) is 22.6 Å².